The van der Waals surface area contributed by atoms with E-state index in [1.54, 1.807) is 24.5 Å². The van der Waals surface area contributed by atoms with Crippen LogP contribution in [0.5, 0.6) is 5.75 Å². The maximum atomic E-state index is 13.4. The van der Waals surface area contributed by atoms with E-state index in [1.807, 2.05) is 26.8 Å². The first-order valence-electron chi connectivity index (χ1n) is 8.55. The lowest BCUT2D eigenvalue weighted by Gasteiger charge is -2.17. The van der Waals surface area contributed by atoms with Crippen LogP contribution in [0.3, 0.4) is 0 Å². The number of nitrogen functional groups attached to an aromatic ring is 1. The molecule has 26 heavy (non-hydrogen) atoms. The normalized spacial score (nSPS) is 12.2. The zero-order chi connectivity index (χ0) is 19.5. The zero-order valence-electron chi connectivity index (χ0n) is 15.7. The van der Waals surface area contributed by atoms with Gasteiger partial charge in [0, 0.05) is 29.3 Å². The van der Waals surface area contributed by atoms with Crippen LogP contribution < -0.4 is 10.5 Å². The van der Waals surface area contributed by atoms with E-state index in [-0.39, 0.29) is 5.56 Å². The molecule has 0 saturated carbocycles. The molecule has 4 heteroatoms. The van der Waals surface area contributed by atoms with Crippen LogP contribution in [0, 0.1) is 6.92 Å². The second-order valence-corrected chi connectivity index (χ2v) is 6.49. The first kappa shape index (κ1) is 19.7. The summed E-state index contributed by atoms with van der Waals surface area (Å²) in [6.07, 6.45) is 4.25. The lowest BCUT2D eigenvalue weighted by Crippen LogP contribution is -2.06. The Morgan fingerprint density at radius 1 is 1.27 bits per heavy atom. The van der Waals surface area contributed by atoms with Crippen LogP contribution in [-0.4, -0.2) is 0 Å². The highest BCUT2D eigenvalue weighted by Gasteiger charge is 2.24. The summed E-state index contributed by atoms with van der Waals surface area (Å²) in [4.78, 5) is 0. The van der Waals surface area contributed by atoms with Gasteiger partial charge in [0.25, 0.3) is 5.92 Å². The van der Waals surface area contributed by atoms with Crippen molar-refractivity contribution in [3.05, 3.63) is 65.4 Å². The Morgan fingerprint density at radius 2 is 1.88 bits per heavy atom. The van der Waals surface area contributed by atoms with Gasteiger partial charge in [-0.3, -0.25) is 0 Å². The first-order chi connectivity index (χ1) is 12.2. The van der Waals surface area contributed by atoms with Crippen molar-refractivity contribution in [2.24, 2.45) is 0 Å². The molecule has 0 saturated heterocycles. The zero-order valence-corrected chi connectivity index (χ0v) is 15.7. The van der Waals surface area contributed by atoms with Crippen molar-refractivity contribution >= 4 is 11.8 Å². The molecule has 0 bridgehead atoms. The third-order valence-corrected chi connectivity index (χ3v) is 4.44. The number of nitrogens with two attached hydrogens (primary N) is 1. The van der Waals surface area contributed by atoms with Crippen molar-refractivity contribution in [1.82, 2.24) is 0 Å². The third-order valence-electron chi connectivity index (χ3n) is 4.44. The molecule has 0 heterocycles. The quantitative estimate of drug-likeness (QED) is 0.461. The highest BCUT2D eigenvalue weighted by molar-refractivity contribution is 5.81. The molecule has 2 N–H and O–H groups in total. The fourth-order valence-electron chi connectivity index (χ4n) is 2.64. The summed E-state index contributed by atoms with van der Waals surface area (Å²) < 4.78 is 32.8. The lowest BCUT2D eigenvalue weighted by atomic mass is 9.94. The first-order valence-corrected chi connectivity index (χ1v) is 8.55. The Kier molecular flexibility index (Phi) is 5.86. The fourth-order valence-corrected chi connectivity index (χ4v) is 2.64. The fraction of sp³-hybridized carbons (Fsp3) is 0.273. The second kappa shape index (κ2) is 7.73. The van der Waals surface area contributed by atoms with Crippen molar-refractivity contribution in [3.8, 4) is 16.9 Å². The number of benzene rings is 2. The van der Waals surface area contributed by atoms with E-state index in [2.05, 4.69) is 6.58 Å². The summed E-state index contributed by atoms with van der Waals surface area (Å²) in [7, 11) is 0. The van der Waals surface area contributed by atoms with Gasteiger partial charge in [-0.25, -0.2) is 8.78 Å². The SMILES string of the molecule is C=Cc1c(N)cc(-c2ccc(C(C)(F)F)cc2)c(C)c1O/C=C(\C)CC. The summed E-state index contributed by atoms with van der Waals surface area (Å²) >= 11 is 0. The highest BCUT2D eigenvalue weighted by atomic mass is 19.3. The van der Waals surface area contributed by atoms with Crippen molar-refractivity contribution in [2.75, 3.05) is 5.73 Å². The van der Waals surface area contributed by atoms with Gasteiger partial charge in [0.05, 0.1) is 6.26 Å². The molecule has 138 valence electrons. The molecule has 0 unspecified atom stereocenters. The summed E-state index contributed by atoms with van der Waals surface area (Å²) in [5.74, 6) is -2.23. The van der Waals surface area contributed by atoms with E-state index in [1.165, 1.54) is 12.1 Å². The molecule has 0 spiro atoms. The standard InChI is InChI=1S/C22H25F2NO/c1-6-14(3)13-26-21-15(4)19(12-20(25)18(21)7-2)16-8-10-17(11-9-16)22(5,23)24/h7-13H,2,6,25H2,1,3-5H3/b14-13+. The smallest absolute Gasteiger partial charge is 0.270 e. The molecular formula is C22H25F2NO. The van der Waals surface area contributed by atoms with Crippen molar-refractivity contribution in [3.63, 3.8) is 0 Å². The number of alkyl halides is 2. The molecule has 0 aliphatic carbocycles. The second-order valence-electron chi connectivity index (χ2n) is 6.49. The number of anilines is 1. The predicted molar refractivity (Wildman–Crippen MR) is 105 cm³/mol. The molecule has 0 aliphatic rings. The van der Waals surface area contributed by atoms with Gasteiger partial charge < -0.3 is 10.5 Å². The monoisotopic (exact) mass is 357 g/mol. The minimum absolute atomic E-state index is 0.0208. The molecular weight excluding hydrogens is 332 g/mol. The highest BCUT2D eigenvalue weighted by Crippen LogP contribution is 2.39. The Hall–Kier alpha value is -2.62. The Bertz CT molecular complexity index is 831. The van der Waals surface area contributed by atoms with Crippen LogP contribution in [0.4, 0.5) is 14.5 Å². The summed E-state index contributed by atoms with van der Waals surface area (Å²) in [5.41, 5.74) is 11.0. The van der Waals surface area contributed by atoms with Gasteiger partial charge in [-0.1, -0.05) is 43.8 Å². The molecule has 0 amide bonds. The minimum Gasteiger partial charge on any atom is -0.464 e. The Labute approximate surface area is 154 Å². The van der Waals surface area contributed by atoms with E-state index >= 15 is 0 Å². The largest absolute Gasteiger partial charge is 0.464 e. The lowest BCUT2D eigenvalue weighted by molar-refractivity contribution is 0.0175. The van der Waals surface area contributed by atoms with Gasteiger partial charge in [-0.05, 0) is 43.0 Å². The molecule has 0 fully saturated rings. The Balaban J connectivity index is 2.56. The van der Waals surface area contributed by atoms with Gasteiger partial charge in [-0.2, -0.15) is 0 Å². The van der Waals surface area contributed by atoms with Crippen LogP contribution in [-0.2, 0) is 5.92 Å². The molecule has 0 radical (unpaired) electrons. The number of allylic oxidation sites excluding steroid dienone is 1. The van der Waals surface area contributed by atoms with E-state index in [4.69, 9.17) is 10.5 Å². The van der Waals surface area contributed by atoms with Gasteiger partial charge in [-0.15, -0.1) is 0 Å². The van der Waals surface area contributed by atoms with Crippen LogP contribution in [0.25, 0.3) is 17.2 Å². The maximum Gasteiger partial charge on any atom is 0.270 e. The van der Waals surface area contributed by atoms with Gasteiger partial charge in [0.1, 0.15) is 5.75 Å². The van der Waals surface area contributed by atoms with Crippen LogP contribution in [0.1, 0.15) is 43.9 Å². The van der Waals surface area contributed by atoms with E-state index in [9.17, 15) is 8.78 Å². The number of ether oxygens (including phenoxy) is 1. The van der Waals surface area contributed by atoms with E-state index < -0.39 is 5.92 Å². The summed E-state index contributed by atoms with van der Waals surface area (Å²) in [5, 5.41) is 0. The van der Waals surface area contributed by atoms with Crippen LogP contribution in [0.2, 0.25) is 0 Å². The topological polar surface area (TPSA) is 35.2 Å². The van der Waals surface area contributed by atoms with E-state index in [0.29, 0.717) is 11.4 Å². The number of hydrogen-bond acceptors (Lipinski definition) is 2. The van der Waals surface area contributed by atoms with Crippen LogP contribution >= 0.6 is 0 Å². The molecule has 2 aromatic carbocycles. The molecule has 0 aliphatic heterocycles. The molecule has 2 rings (SSSR count). The molecule has 2 nitrogen and oxygen atoms in total. The minimum atomic E-state index is -2.87. The van der Waals surface area contributed by atoms with Crippen molar-refractivity contribution in [2.45, 2.75) is 40.0 Å². The van der Waals surface area contributed by atoms with Gasteiger partial charge in [0.2, 0.25) is 0 Å². The molecule has 0 aromatic heterocycles. The average Bonchev–Trinajstić information content (AvgIpc) is 2.60. The Morgan fingerprint density at radius 3 is 2.38 bits per heavy atom. The van der Waals surface area contributed by atoms with Crippen molar-refractivity contribution in [1.29, 1.82) is 0 Å². The average molecular weight is 357 g/mol. The number of halogens is 2. The number of rotatable bonds is 6. The predicted octanol–water partition coefficient (Wildman–Crippen LogP) is 6.69. The maximum absolute atomic E-state index is 13.4. The number of hydrogen-bond donors (Lipinski definition) is 1. The summed E-state index contributed by atoms with van der Waals surface area (Å²) in [6, 6.07) is 8.06. The van der Waals surface area contributed by atoms with Crippen LogP contribution in [0.15, 0.2) is 48.7 Å². The molecule has 2 aromatic rings. The van der Waals surface area contributed by atoms with Gasteiger partial charge in [0.15, 0.2) is 0 Å². The molecule has 0 atom stereocenters. The van der Waals surface area contributed by atoms with Crippen molar-refractivity contribution < 1.29 is 13.5 Å². The third kappa shape index (κ3) is 4.13. The summed E-state index contributed by atoms with van der Waals surface area (Å²) in [6.45, 7) is 10.7. The van der Waals surface area contributed by atoms with E-state index in [0.717, 1.165) is 41.2 Å². The van der Waals surface area contributed by atoms with Gasteiger partial charge >= 0.3 is 0 Å².